The normalized spacial score (nSPS) is 16.7. The number of piperazine rings is 1. The van der Waals surface area contributed by atoms with Gasteiger partial charge >= 0.3 is 0 Å². The van der Waals surface area contributed by atoms with Crippen LogP contribution in [-0.2, 0) is 11.0 Å². The Hall–Kier alpha value is -2.16. The van der Waals surface area contributed by atoms with Gasteiger partial charge in [-0.1, -0.05) is 24.6 Å². The lowest BCUT2D eigenvalue weighted by Crippen LogP contribution is -2.48. The molecule has 1 amide bonds. The van der Waals surface area contributed by atoms with Gasteiger partial charge in [-0.15, -0.1) is 0 Å². The number of carbonyl (C=O) groups is 1. The highest BCUT2D eigenvalue weighted by atomic mass is 35.5. The Bertz CT molecular complexity index is 976. The second-order valence-corrected chi connectivity index (χ2v) is 10.2. The highest BCUT2D eigenvalue weighted by Gasteiger charge is 2.25. The Kier molecular flexibility index (Phi) is 7.56. The first kappa shape index (κ1) is 23.5. The molecule has 1 aliphatic heterocycles. The Morgan fingerprint density at radius 1 is 1.23 bits per heavy atom. The molecule has 168 valence electrons. The van der Waals surface area contributed by atoms with E-state index in [0.29, 0.717) is 16.3 Å². The molecular weight excluding hydrogens is 434 g/mol. The van der Waals surface area contributed by atoms with E-state index >= 15 is 0 Å². The quantitative estimate of drug-likeness (QED) is 0.710. The van der Waals surface area contributed by atoms with E-state index in [1.54, 1.807) is 32.4 Å². The number of nitrogens with zero attached hydrogens (tertiary/aromatic N) is 4. The summed E-state index contributed by atoms with van der Waals surface area (Å²) in [7, 11) is 2.43. The Morgan fingerprint density at radius 2 is 1.90 bits per heavy atom. The second-order valence-electron chi connectivity index (χ2n) is 7.94. The SMILES string of the molecule is CCC(C)S(=O)N1CCN(c2ncc(-c3ccc(C(=O)N(C)C)c(Cl)c3)cc2N)CC1. The third kappa shape index (κ3) is 5.19. The maximum atomic E-state index is 12.5. The fourth-order valence-corrected chi connectivity index (χ4v) is 5.06. The fourth-order valence-electron chi connectivity index (χ4n) is 3.48. The van der Waals surface area contributed by atoms with Gasteiger partial charge in [0, 0.05) is 57.3 Å². The van der Waals surface area contributed by atoms with Gasteiger partial charge in [-0.25, -0.2) is 13.5 Å². The summed E-state index contributed by atoms with van der Waals surface area (Å²) >= 11 is 6.35. The molecule has 0 bridgehead atoms. The molecule has 31 heavy (non-hydrogen) atoms. The van der Waals surface area contributed by atoms with Gasteiger partial charge < -0.3 is 15.5 Å². The van der Waals surface area contributed by atoms with Crippen LogP contribution in [-0.4, -0.2) is 69.8 Å². The molecule has 0 spiro atoms. The highest BCUT2D eigenvalue weighted by Crippen LogP contribution is 2.30. The number of hydrogen-bond acceptors (Lipinski definition) is 5. The Balaban J connectivity index is 1.73. The predicted molar refractivity (Wildman–Crippen MR) is 129 cm³/mol. The second kappa shape index (κ2) is 9.97. The van der Waals surface area contributed by atoms with Crippen molar-refractivity contribution in [2.45, 2.75) is 25.5 Å². The summed E-state index contributed by atoms with van der Waals surface area (Å²) < 4.78 is 14.6. The van der Waals surface area contributed by atoms with Crippen molar-refractivity contribution in [2.75, 3.05) is 50.9 Å². The summed E-state index contributed by atoms with van der Waals surface area (Å²) in [6.45, 7) is 6.98. The molecule has 2 aromatic rings. The maximum absolute atomic E-state index is 12.5. The fraction of sp³-hybridized carbons (Fsp3) is 0.455. The molecule has 1 saturated heterocycles. The zero-order chi connectivity index (χ0) is 22.7. The molecule has 1 aromatic carbocycles. The number of carbonyl (C=O) groups excluding carboxylic acids is 1. The number of nitrogen functional groups attached to an aromatic ring is 1. The predicted octanol–water partition coefficient (Wildman–Crippen LogP) is 3.27. The van der Waals surface area contributed by atoms with Crippen molar-refractivity contribution in [3.05, 3.63) is 41.0 Å². The smallest absolute Gasteiger partial charge is 0.254 e. The lowest BCUT2D eigenvalue weighted by atomic mass is 10.0. The molecule has 1 aromatic heterocycles. The number of amides is 1. The summed E-state index contributed by atoms with van der Waals surface area (Å²) in [5.74, 6) is 0.598. The number of nitrogens with two attached hydrogens (primary N) is 1. The molecular formula is C22H30ClN5O2S. The summed E-state index contributed by atoms with van der Waals surface area (Å²) in [6, 6.07) is 7.21. The maximum Gasteiger partial charge on any atom is 0.254 e. The number of anilines is 2. The van der Waals surface area contributed by atoms with Gasteiger partial charge in [0.15, 0.2) is 5.82 Å². The van der Waals surface area contributed by atoms with Gasteiger partial charge in [0.1, 0.15) is 0 Å². The van der Waals surface area contributed by atoms with Crippen LogP contribution in [0.3, 0.4) is 0 Å². The topological polar surface area (TPSA) is 82.8 Å². The number of aromatic nitrogens is 1. The monoisotopic (exact) mass is 463 g/mol. The number of pyridine rings is 1. The third-order valence-corrected chi connectivity index (χ3v) is 7.75. The van der Waals surface area contributed by atoms with Crippen LogP contribution in [0.15, 0.2) is 30.5 Å². The lowest BCUT2D eigenvalue weighted by molar-refractivity contribution is 0.0828. The summed E-state index contributed by atoms with van der Waals surface area (Å²) in [4.78, 5) is 20.4. The van der Waals surface area contributed by atoms with E-state index in [2.05, 4.69) is 16.8 Å². The van der Waals surface area contributed by atoms with Crippen LogP contribution in [0.1, 0.15) is 30.6 Å². The van der Waals surface area contributed by atoms with Crippen LogP contribution in [0, 0.1) is 0 Å². The van der Waals surface area contributed by atoms with Crippen molar-refractivity contribution in [1.82, 2.24) is 14.2 Å². The lowest BCUT2D eigenvalue weighted by Gasteiger charge is -2.36. The molecule has 2 heterocycles. The van der Waals surface area contributed by atoms with Gasteiger partial charge in [0.05, 0.1) is 27.3 Å². The zero-order valence-corrected chi connectivity index (χ0v) is 20.0. The van der Waals surface area contributed by atoms with Crippen molar-refractivity contribution < 1.29 is 9.00 Å². The third-order valence-electron chi connectivity index (χ3n) is 5.55. The number of benzene rings is 1. The first-order valence-corrected chi connectivity index (χ1v) is 11.9. The van der Waals surface area contributed by atoms with E-state index in [1.165, 1.54) is 4.90 Å². The molecule has 2 unspecified atom stereocenters. The van der Waals surface area contributed by atoms with Crippen LogP contribution >= 0.6 is 11.6 Å². The summed E-state index contributed by atoms with van der Waals surface area (Å²) in [5, 5.41) is 0.560. The summed E-state index contributed by atoms with van der Waals surface area (Å²) in [5.41, 5.74) is 9.06. The molecule has 3 rings (SSSR count). The van der Waals surface area contributed by atoms with E-state index in [9.17, 15) is 9.00 Å². The van der Waals surface area contributed by atoms with Crippen molar-refractivity contribution in [1.29, 1.82) is 0 Å². The van der Waals surface area contributed by atoms with E-state index in [-0.39, 0.29) is 11.2 Å². The number of hydrogen-bond donors (Lipinski definition) is 1. The standard InChI is InChI=1S/C22H30ClN5O2S/c1-5-15(2)31(30)28-10-8-27(9-11-28)21-20(24)13-17(14-25-21)16-6-7-18(19(23)12-16)22(29)26(3)4/h6-7,12-15H,5,8-11,24H2,1-4H3. The molecule has 0 saturated carbocycles. The summed E-state index contributed by atoms with van der Waals surface area (Å²) in [6.07, 6.45) is 2.67. The molecule has 9 heteroatoms. The molecule has 0 radical (unpaired) electrons. The molecule has 2 N–H and O–H groups in total. The molecule has 0 aliphatic carbocycles. The average Bonchev–Trinajstić information content (AvgIpc) is 2.77. The first-order valence-electron chi connectivity index (χ1n) is 10.4. The first-order chi connectivity index (χ1) is 14.7. The van der Waals surface area contributed by atoms with Crippen molar-refractivity contribution in [3.63, 3.8) is 0 Å². The van der Waals surface area contributed by atoms with Crippen molar-refractivity contribution in [2.24, 2.45) is 0 Å². The Labute approximate surface area is 191 Å². The van der Waals surface area contributed by atoms with Crippen molar-refractivity contribution >= 4 is 40.0 Å². The minimum atomic E-state index is -0.952. The van der Waals surface area contributed by atoms with Gasteiger partial charge in [0.2, 0.25) is 0 Å². The molecule has 2 atom stereocenters. The Morgan fingerprint density at radius 3 is 2.45 bits per heavy atom. The molecule has 1 aliphatic rings. The van der Waals surface area contributed by atoms with E-state index < -0.39 is 11.0 Å². The number of rotatable bonds is 6. The van der Waals surface area contributed by atoms with Crippen LogP contribution in [0.4, 0.5) is 11.5 Å². The molecule has 7 nitrogen and oxygen atoms in total. The van der Waals surface area contributed by atoms with E-state index in [0.717, 1.165) is 49.5 Å². The largest absolute Gasteiger partial charge is 0.396 e. The van der Waals surface area contributed by atoms with Gasteiger partial charge in [0.25, 0.3) is 5.91 Å². The van der Waals surface area contributed by atoms with E-state index in [4.69, 9.17) is 17.3 Å². The van der Waals surface area contributed by atoms with Crippen LogP contribution in [0.25, 0.3) is 11.1 Å². The van der Waals surface area contributed by atoms with Crippen LogP contribution < -0.4 is 10.6 Å². The van der Waals surface area contributed by atoms with Gasteiger partial charge in [-0.2, -0.15) is 0 Å². The van der Waals surface area contributed by atoms with Crippen LogP contribution in [0.2, 0.25) is 5.02 Å². The zero-order valence-electron chi connectivity index (χ0n) is 18.5. The van der Waals surface area contributed by atoms with E-state index in [1.807, 2.05) is 23.4 Å². The highest BCUT2D eigenvalue weighted by molar-refractivity contribution is 7.83. The molecule has 1 fully saturated rings. The van der Waals surface area contributed by atoms with Gasteiger partial charge in [-0.05, 0) is 37.1 Å². The van der Waals surface area contributed by atoms with Crippen molar-refractivity contribution in [3.8, 4) is 11.1 Å². The average molecular weight is 464 g/mol. The minimum Gasteiger partial charge on any atom is -0.396 e. The minimum absolute atomic E-state index is 0.141. The van der Waals surface area contributed by atoms with Crippen LogP contribution in [0.5, 0.6) is 0 Å². The van der Waals surface area contributed by atoms with Gasteiger partial charge in [-0.3, -0.25) is 4.79 Å². The number of halogens is 1.